The van der Waals surface area contributed by atoms with Gasteiger partial charge in [-0.05, 0) is 65.6 Å². The zero-order chi connectivity index (χ0) is 39.4. The van der Waals surface area contributed by atoms with Crippen molar-refractivity contribution in [1.29, 1.82) is 0 Å². The Kier molecular flexibility index (Phi) is 7.06. The second kappa shape index (κ2) is 12.4. The van der Waals surface area contributed by atoms with Crippen molar-refractivity contribution in [2.45, 2.75) is 26.2 Å². The van der Waals surface area contributed by atoms with E-state index in [0.717, 1.165) is 88.8 Å². The number of fused-ring (bicyclic) bond motifs is 10. The number of hydrogen-bond acceptors (Lipinski definition) is 3. The van der Waals surface area contributed by atoms with Gasteiger partial charge in [0.25, 0.3) is 0 Å². The maximum Gasteiger partial charge on any atom is 0.247 e. The standard InChI is InChI=1S/C52H37N5O2/c1-52(2,3)32-23-24-53-51(25-32)57-44-21-10-6-17-37(44)39-28-47(56-42-19-8-4-15-35(42)36-16-5-9-20-43(36)56)50(29-45(39)57)58-34-14-12-13-33(26-34)55-31-54-41-27-40-38-18-7-11-22-48(38)59-49(40)30-46(41)55/h4-31H,1-3H3/p+1. The zero-order valence-corrected chi connectivity index (χ0v) is 32.8. The summed E-state index contributed by atoms with van der Waals surface area (Å²) >= 11 is 0. The van der Waals surface area contributed by atoms with Crippen molar-refractivity contribution < 1.29 is 13.7 Å². The molecule has 0 aliphatic rings. The van der Waals surface area contributed by atoms with Gasteiger partial charge in [0.2, 0.25) is 6.33 Å². The summed E-state index contributed by atoms with van der Waals surface area (Å²) in [4.78, 5) is 8.46. The predicted molar refractivity (Wildman–Crippen MR) is 239 cm³/mol. The highest BCUT2D eigenvalue weighted by Crippen LogP contribution is 2.43. The fourth-order valence-corrected chi connectivity index (χ4v) is 8.99. The summed E-state index contributed by atoms with van der Waals surface area (Å²) in [6, 6.07) is 55.4. The Balaban J connectivity index is 1.08. The highest BCUT2D eigenvalue weighted by Gasteiger charge is 2.23. The van der Waals surface area contributed by atoms with Crippen LogP contribution in [0.2, 0.25) is 0 Å². The lowest BCUT2D eigenvalue weighted by Gasteiger charge is -2.20. The molecule has 0 fully saturated rings. The van der Waals surface area contributed by atoms with E-state index in [1.165, 1.54) is 16.3 Å². The monoisotopic (exact) mass is 764 g/mol. The van der Waals surface area contributed by atoms with Crippen LogP contribution >= 0.6 is 0 Å². The molecular formula is C52H38N5O2+. The minimum absolute atomic E-state index is 0.0414. The van der Waals surface area contributed by atoms with E-state index in [-0.39, 0.29) is 5.41 Å². The molecule has 0 bridgehead atoms. The van der Waals surface area contributed by atoms with Crippen LogP contribution in [0.4, 0.5) is 0 Å². The van der Waals surface area contributed by atoms with Gasteiger partial charge in [0.1, 0.15) is 28.4 Å². The highest BCUT2D eigenvalue weighted by molar-refractivity contribution is 6.13. The van der Waals surface area contributed by atoms with Gasteiger partial charge < -0.3 is 13.7 Å². The van der Waals surface area contributed by atoms with Gasteiger partial charge in [0.05, 0.1) is 27.8 Å². The second-order valence-electron chi connectivity index (χ2n) is 16.4. The summed E-state index contributed by atoms with van der Waals surface area (Å²) in [6.45, 7) is 6.72. The van der Waals surface area contributed by atoms with Crippen molar-refractivity contribution >= 4 is 76.6 Å². The fourth-order valence-electron chi connectivity index (χ4n) is 8.99. The van der Waals surface area contributed by atoms with Crippen molar-refractivity contribution in [2.24, 2.45) is 0 Å². The number of ether oxygens (including phenoxy) is 1. The van der Waals surface area contributed by atoms with Crippen molar-refractivity contribution in [3.63, 3.8) is 0 Å². The van der Waals surface area contributed by atoms with E-state index >= 15 is 0 Å². The third-order valence-electron chi connectivity index (χ3n) is 11.8. The molecule has 0 amide bonds. The molecule has 1 N–H and O–H groups in total. The van der Waals surface area contributed by atoms with Crippen LogP contribution in [0.15, 0.2) is 175 Å². The van der Waals surface area contributed by atoms with Gasteiger partial charge in [0.15, 0.2) is 16.8 Å². The van der Waals surface area contributed by atoms with E-state index < -0.39 is 0 Å². The number of furan rings is 1. The van der Waals surface area contributed by atoms with Crippen LogP contribution in [-0.2, 0) is 5.41 Å². The number of imidazole rings is 1. The Morgan fingerprint density at radius 1 is 0.576 bits per heavy atom. The molecule has 5 aromatic heterocycles. The van der Waals surface area contributed by atoms with Crippen LogP contribution in [0.5, 0.6) is 11.5 Å². The quantitative estimate of drug-likeness (QED) is 0.178. The maximum atomic E-state index is 7.17. The molecule has 0 aliphatic heterocycles. The number of aromatic amines is 1. The van der Waals surface area contributed by atoms with Gasteiger partial charge in [-0.25, -0.2) is 9.97 Å². The molecule has 0 atom stereocenters. The first-order valence-corrected chi connectivity index (χ1v) is 20.0. The van der Waals surface area contributed by atoms with Crippen LogP contribution < -0.4 is 9.30 Å². The fraction of sp³-hybridized carbons (Fsp3) is 0.0769. The minimum atomic E-state index is -0.0414. The topological polar surface area (TPSA) is 64.8 Å². The van der Waals surface area contributed by atoms with Crippen molar-refractivity contribution in [2.75, 3.05) is 0 Å². The van der Waals surface area contributed by atoms with Gasteiger partial charge in [-0.15, -0.1) is 0 Å². The number of pyridine rings is 1. The Bertz CT molecular complexity index is 3600. The summed E-state index contributed by atoms with van der Waals surface area (Å²) in [5.41, 5.74) is 11.2. The van der Waals surface area contributed by atoms with Crippen molar-refractivity contribution in [3.8, 4) is 28.7 Å². The maximum absolute atomic E-state index is 7.17. The lowest BCUT2D eigenvalue weighted by atomic mass is 9.88. The average molecular weight is 765 g/mol. The summed E-state index contributed by atoms with van der Waals surface area (Å²) in [5, 5.41) is 6.84. The lowest BCUT2D eigenvalue weighted by molar-refractivity contribution is -0.567. The molecule has 12 aromatic rings. The number of para-hydroxylation sites is 4. The van der Waals surface area contributed by atoms with Gasteiger partial charge >= 0.3 is 0 Å². The van der Waals surface area contributed by atoms with Gasteiger partial charge in [-0.3, -0.25) is 4.57 Å². The molecule has 0 radical (unpaired) electrons. The van der Waals surface area contributed by atoms with E-state index in [1.807, 2.05) is 42.9 Å². The zero-order valence-electron chi connectivity index (χ0n) is 32.8. The third-order valence-corrected chi connectivity index (χ3v) is 11.8. The summed E-state index contributed by atoms with van der Waals surface area (Å²) < 4.78 is 20.2. The molecule has 0 spiro atoms. The predicted octanol–water partition coefficient (Wildman–Crippen LogP) is 13.0. The molecule has 0 unspecified atom stereocenters. The number of H-pyrrole nitrogens is 1. The van der Waals surface area contributed by atoms with E-state index in [1.54, 1.807) is 0 Å². The average Bonchev–Trinajstić information content (AvgIpc) is 4.01. The molecule has 0 saturated carbocycles. The first kappa shape index (κ1) is 33.5. The molecule has 7 heteroatoms. The molecule has 0 saturated heterocycles. The van der Waals surface area contributed by atoms with E-state index in [0.29, 0.717) is 5.75 Å². The summed E-state index contributed by atoms with van der Waals surface area (Å²) in [6.07, 6.45) is 3.92. The molecule has 282 valence electrons. The van der Waals surface area contributed by atoms with Crippen LogP contribution in [0.3, 0.4) is 0 Å². The number of aromatic nitrogens is 5. The van der Waals surface area contributed by atoms with Gasteiger partial charge in [-0.1, -0.05) is 99.6 Å². The van der Waals surface area contributed by atoms with Crippen LogP contribution in [0, 0.1) is 0 Å². The van der Waals surface area contributed by atoms with E-state index in [4.69, 9.17) is 14.1 Å². The summed E-state index contributed by atoms with van der Waals surface area (Å²) in [7, 11) is 0. The third kappa shape index (κ3) is 5.14. The normalized spacial score (nSPS) is 12.3. The highest BCUT2D eigenvalue weighted by atomic mass is 16.5. The molecule has 7 aromatic carbocycles. The van der Waals surface area contributed by atoms with Gasteiger partial charge in [0, 0.05) is 62.8 Å². The molecular weight excluding hydrogens is 727 g/mol. The number of hydrogen-bond donors (Lipinski definition) is 1. The molecule has 5 heterocycles. The van der Waals surface area contributed by atoms with Crippen LogP contribution in [0.1, 0.15) is 26.3 Å². The van der Waals surface area contributed by atoms with Crippen LogP contribution in [0.25, 0.3) is 93.8 Å². The second-order valence-corrected chi connectivity index (χ2v) is 16.4. The number of benzene rings is 7. The Morgan fingerprint density at radius 3 is 2.00 bits per heavy atom. The summed E-state index contributed by atoms with van der Waals surface area (Å²) in [5.74, 6) is 2.31. The molecule has 59 heavy (non-hydrogen) atoms. The lowest BCUT2D eigenvalue weighted by Crippen LogP contribution is -2.28. The van der Waals surface area contributed by atoms with E-state index in [9.17, 15) is 0 Å². The van der Waals surface area contributed by atoms with Gasteiger partial charge in [-0.2, -0.15) is 4.57 Å². The molecule has 0 aliphatic carbocycles. The number of nitrogens with zero attached hydrogens (tertiary/aromatic N) is 4. The minimum Gasteiger partial charge on any atom is -0.456 e. The van der Waals surface area contributed by atoms with Crippen molar-refractivity contribution in [1.82, 2.24) is 19.1 Å². The Morgan fingerprint density at radius 2 is 1.25 bits per heavy atom. The number of nitrogens with one attached hydrogen (secondary N) is 1. The van der Waals surface area contributed by atoms with E-state index in [2.05, 4.69) is 167 Å². The van der Waals surface area contributed by atoms with Crippen LogP contribution in [-0.4, -0.2) is 19.1 Å². The first-order valence-electron chi connectivity index (χ1n) is 20.0. The first-order chi connectivity index (χ1) is 28.9. The SMILES string of the molecule is CC(C)(C)c1ccnc(-n2c3ccccc3c3cc(-n4c5ccccc5c5ccccc54)c(Oc4cccc(-[n+]5c[nH]c6cc7c(cc65)oc5ccccc57)c4)cc32)c1. The smallest absolute Gasteiger partial charge is 0.247 e. The molecule has 7 nitrogen and oxygen atoms in total. The number of rotatable bonds is 5. The largest absolute Gasteiger partial charge is 0.456 e. The molecule has 12 rings (SSSR count). The Labute approximate surface area is 338 Å². The Hall–Kier alpha value is -7.64. The van der Waals surface area contributed by atoms with Crippen molar-refractivity contribution in [3.05, 3.63) is 176 Å².